The number of aromatic nitrogens is 4. The SMILES string of the molecule is CCc1nn(C)cc1Nc1nccc(C(N)=S)n1. The Hall–Kier alpha value is -2.02. The normalized spacial score (nSPS) is 10.3. The van der Waals surface area contributed by atoms with Crippen molar-refractivity contribution < 1.29 is 0 Å². The van der Waals surface area contributed by atoms with Crippen LogP contribution in [0.2, 0.25) is 0 Å². The Morgan fingerprint density at radius 1 is 1.56 bits per heavy atom. The van der Waals surface area contributed by atoms with Crippen LogP contribution in [0.5, 0.6) is 0 Å². The number of nitrogens with one attached hydrogen (secondary N) is 1. The molecule has 94 valence electrons. The zero-order valence-corrected chi connectivity index (χ0v) is 11.0. The van der Waals surface area contributed by atoms with Crippen molar-refractivity contribution in [1.82, 2.24) is 19.7 Å². The summed E-state index contributed by atoms with van der Waals surface area (Å²) < 4.78 is 1.75. The number of hydrogen-bond donors (Lipinski definition) is 2. The first-order valence-corrected chi connectivity index (χ1v) is 5.93. The number of nitrogens with two attached hydrogens (primary N) is 1. The Morgan fingerprint density at radius 2 is 2.33 bits per heavy atom. The van der Waals surface area contributed by atoms with Gasteiger partial charge in [0, 0.05) is 19.4 Å². The lowest BCUT2D eigenvalue weighted by atomic mass is 10.3. The van der Waals surface area contributed by atoms with Gasteiger partial charge in [-0.3, -0.25) is 4.68 Å². The molecule has 0 aliphatic carbocycles. The lowest BCUT2D eigenvalue weighted by Gasteiger charge is -2.04. The van der Waals surface area contributed by atoms with Crippen LogP contribution in [-0.4, -0.2) is 24.7 Å². The molecule has 0 spiro atoms. The first-order valence-electron chi connectivity index (χ1n) is 5.52. The van der Waals surface area contributed by atoms with Crippen LogP contribution in [0.1, 0.15) is 18.3 Å². The largest absolute Gasteiger partial charge is 0.388 e. The predicted octanol–water partition coefficient (Wildman–Crippen LogP) is 1.15. The molecule has 2 heterocycles. The molecular weight excluding hydrogens is 248 g/mol. The Morgan fingerprint density at radius 3 is 3.00 bits per heavy atom. The molecule has 2 rings (SSSR count). The molecule has 0 radical (unpaired) electrons. The summed E-state index contributed by atoms with van der Waals surface area (Å²) in [7, 11) is 1.87. The van der Waals surface area contributed by atoms with Crippen LogP contribution in [0, 0.1) is 0 Å². The van der Waals surface area contributed by atoms with E-state index in [1.807, 2.05) is 20.2 Å². The molecule has 0 saturated heterocycles. The highest BCUT2D eigenvalue weighted by atomic mass is 32.1. The van der Waals surface area contributed by atoms with Gasteiger partial charge in [0.1, 0.15) is 10.7 Å². The molecule has 0 atom stereocenters. The van der Waals surface area contributed by atoms with Crippen molar-refractivity contribution in [2.75, 3.05) is 5.32 Å². The highest BCUT2D eigenvalue weighted by Gasteiger charge is 2.08. The van der Waals surface area contributed by atoms with E-state index >= 15 is 0 Å². The van der Waals surface area contributed by atoms with E-state index in [1.54, 1.807) is 16.9 Å². The third-order valence-electron chi connectivity index (χ3n) is 2.39. The molecule has 2 aromatic heterocycles. The lowest BCUT2D eigenvalue weighted by Crippen LogP contribution is -2.12. The van der Waals surface area contributed by atoms with E-state index in [0.29, 0.717) is 11.6 Å². The second kappa shape index (κ2) is 5.09. The van der Waals surface area contributed by atoms with Gasteiger partial charge in [-0.25, -0.2) is 9.97 Å². The van der Waals surface area contributed by atoms with Crippen LogP contribution in [0.25, 0.3) is 0 Å². The second-order valence-electron chi connectivity index (χ2n) is 3.77. The topological polar surface area (TPSA) is 81.7 Å². The summed E-state index contributed by atoms with van der Waals surface area (Å²) in [6.07, 6.45) is 4.33. The number of thiocarbonyl (C=S) groups is 1. The van der Waals surface area contributed by atoms with Gasteiger partial charge < -0.3 is 11.1 Å². The molecule has 7 heteroatoms. The number of rotatable bonds is 4. The summed E-state index contributed by atoms with van der Waals surface area (Å²) in [5.41, 5.74) is 7.93. The van der Waals surface area contributed by atoms with Gasteiger partial charge in [-0.2, -0.15) is 5.10 Å². The maximum atomic E-state index is 5.53. The molecule has 18 heavy (non-hydrogen) atoms. The van der Waals surface area contributed by atoms with Gasteiger partial charge in [0.2, 0.25) is 5.95 Å². The van der Waals surface area contributed by atoms with E-state index in [9.17, 15) is 0 Å². The third-order valence-corrected chi connectivity index (χ3v) is 2.60. The summed E-state index contributed by atoms with van der Waals surface area (Å²) in [6.45, 7) is 2.04. The average Bonchev–Trinajstić information content (AvgIpc) is 2.69. The number of anilines is 2. The van der Waals surface area contributed by atoms with Gasteiger partial charge in [0.15, 0.2) is 0 Å². The lowest BCUT2D eigenvalue weighted by molar-refractivity contribution is 0.746. The van der Waals surface area contributed by atoms with Gasteiger partial charge in [-0.05, 0) is 12.5 Å². The van der Waals surface area contributed by atoms with Crippen molar-refractivity contribution in [1.29, 1.82) is 0 Å². The van der Waals surface area contributed by atoms with Crippen molar-refractivity contribution in [3.05, 3.63) is 29.8 Å². The summed E-state index contributed by atoms with van der Waals surface area (Å²) >= 11 is 4.88. The predicted molar refractivity (Wildman–Crippen MR) is 73.8 cm³/mol. The molecule has 0 saturated carbocycles. The van der Waals surface area contributed by atoms with Gasteiger partial charge in [-0.1, -0.05) is 19.1 Å². The Labute approximate surface area is 110 Å². The highest BCUT2D eigenvalue weighted by molar-refractivity contribution is 7.80. The van der Waals surface area contributed by atoms with E-state index < -0.39 is 0 Å². The van der Waals surface area contributed by atoms with Crippen molar-refractivity contribution in [2.24, 2.45) is 12.8 Å². The van der Waals surface area contributed by atoms with Crippen LogP contribution >= 0.6 is 12.2 Å². The monoisotopic (exact) mass is 262 g/mol. The van der Waals surface area contributed by atoms with Crippen LogP contribution in [-0.2, 0) is 13.5 Å². The standard InChI is InChI=1S/C11H14N6S/c1-3-7-9(6-17(2)16-7)15-11-13-5-4-8(14-11)10(12)18/h4-6H,3H2,1-2H3,(H2,12,18)(H,13,14,15). The minimum atomic E-state index is 0.252. The Kier molecular flexibility index (Phi) is 3.52. The Bertz CT molecular complexity index is 577. The summed E-state index contributed by atoms with van der Waals surface area (Å²) in [4.78, 5) is 8.61. The van der Waals surface area contributed by atoms with E-state index in [4.69, 9.17) is 18.0 Å². The third kappa shape index (κ3) is 2.62. The van der Waals surface area contributed by atoms with Gasteiger partial charge in [0.05, 0.1) is 11.4 Å². The van der Waals surface area contributed by atoms with Crippen molar-refractivity contribution >= 4 is 28.8 Å². The fourth-order valence-corrected chi connectivity index (χ4v) is 1.69. The van der Waals surface area contributed by atoms with Gasteiger partial charge in [-0.15, -0.1) is 0 Å². The average molecular weight is 262 g/mol. The quantitative estimate of drug-likeness (QED) is 0.804. The molecule has 0 bridgehead atoms. The molecule has 0 fully saturated rings. The molecular formula is C11H14N6S. The van der Waals surface area contributed by atoms with Gasteiger partial charge in [0.25, 0.3) is 0 Å². The zero-order valence-electron chi connectivity index (χ0n) is 10.2. The van der Waals surface area contributed by atoms with Crippen molar-refractivity contribution in [3.8, 4) is 0 Å². The molecule has 0 unspecified atom stereocenters. The van der Waals surface area contributed by atoms with Crippen LogP contribution in [0.3, 0.4) is 0 Å². The smallest absolute Gasteiger partial charge is 0.227 e. The van der Waals surface area contributed by atoms with Crippen LogP contribution in [0.15, 0.2) is 18.5 Å². The fourth-order valence-electron chi connectivity index (χ4n) is 1.58. The number of nitrogens with zero attached hydrogens (tertiary/aromatic N) is 4. The number of hydrogen-bond acceptors (Lipinski definition) is 5. The minimum Gasteiger partial charge on any atom is -0.388 e. The van der Waals surface area contributed by atoms with Crippen molar-refractivity contribution in [3.63, 3.8) is 0 Å². The minimum absolute atomic E-state index is 0.252. The van der Waals surface area contributed by atoms with E-state index in [1.165, 1.54) is 0 Å². The maximum absolute atomic E-state index is 5.53. The second-order valence-corrected chi connectivity index (χ2v) is 4.21. The van der Waals surface area contributed by atoms with Crippen molar-refractivity contribution in [2.45, 2.75) is 13.3 Å². The zero-order chi connectivity index (χ0) is 13.1. The highest BCUT2D eigenvalue weighted by Crippen LogP contribution is 2.17. The van der Waals surface area contributed by atoms with Crippen LogP contribution < -0.4 is 11.1 Å². The molecule has 0 aliphatic rings. The van der Waals surface area contributed by atoms with Crippen LogP contribution in [0.4, 0.5) is 11.6 Å². The van der Waals surface area contributed by atoms with E-state index in [2.05, 4.69) is 20.4 Å². The maximum Gasteiger partial charge on any atom is 0.227 e. The van der Waals surface area contributed by atoms with Gasteiger partial charge >= 0.3 is 0 Å². The first-order chi connectivity index (χ1) is 8.60. The van der Waals surface area contributed by atoms with E-state index in [0.717, 1.165) is 17.8 Å². The molecule has 0 amide bonds. The first kappa shape index (κ1) is 12.4. The molecule has 6 nitrogen and oxygen atoms in total. The fraction of sp³-hybridized carbons (Fsp3) is 0.273. The number of aryl methyl sites for hydroxylation is 2. The summed E-state index contributed by atoms with van der Waals surface area (Å²) in [6, 6.07) is 1.68. The molecule has 0 aromatic carbocycles. The van der Waals surface area contributed by atoms with E-state index in [-0.39, 0.29) is 4.99 Å². The summed E-state index contributed by atoms with van der Waals surface area (Å²) in [5.74, 6) is 0.461. The molecule has 0 aliphatic heterocycles. The summed E-state index contributed by atoms with van der Waals surface area (Å²) in [5, 5.41) is 7.45. The Balaban J connectivity index is 2.28. The molecule has 3 N–H and O–H groups in total. The molecule has 2 aromatic rings.